The van der Waals surface area contributed by atoms with Crippen molar-refractivity contribution in [1.82, 2.24) is 4.57 Å². The maximum atomic E-state index is 13.7. The van der Waals surface area contributed by atoms with Gasteiger partial charge in [0.1, 0.15) is 11.5 Å². The second kappa shape index (κ2) is 9.58. The van der Waals surface area contributed by atoms with Crippen molar-refractivity contribution in [3.63, 3.8) is 0 Å². The zero-order valence-electron chi connectivity index (χ0n) is 19.9. The molecule has 9 heteroatoms. The van der Waals surface area contributed by atoms with Crippen LogP contribution in [0.15, 0.2) is 61.9 Å². The summed E-state index contributed by atoms with van der Waals surface area (Å²) in [5, 5.41) is 0. The van der Waals surface area contributed by atoms with E-state index < -0.39 is 12.0 Å². The number of benzene rings is 1. The van der Waals surface area contributed by atoms with Crippen LogP contribution in [-0.4, -0.2) is 37.3 Å². The summed E-state index contributed by atoms with van der Waals surface area (Å²) in [6.07, 6.45) is 4.06. The van der Waals surface area contributed by atoms with Crippen LogP contribution in [0.25, 0.3) is 6.08 Å². The fourth-order valence-electron chi connectivity index (χ4n) is 4.55. The van der Waals surface area contributed by atoms with Gasteiger partial charge in [0.2, 0.25) is 0 Å². The molecule has 2 aliphatic heterocycles. The SMILES string of the molecule is CCOC(=O)C1=C(C)N=c2s/c(=C/c3ccc(N4CCCC4)o3)c(=O)n2C1c1ccc(OC)cc1. The Labute approximate surface area is 206 Å². The van der Waals surface area contributed by atoms with Gasteiger partial charge in [-0.25, -0.2) is 9.79 Å². The van der Waals surface area contributed by atoms with E-state index in [1.54, 1.807) is 31.6 Å². The van der Waals surface area contributed by atoms with Gasteiger partial charge in [-0.15, -0.1) is 0 Å². The molecule has 0 spiro atoms. The number of aromatic nitrogens is 1. The van der Waals surface area contributed by atoms with Crippen molar-refractivity contribution in [2.24, 2.45) is 4.99 Å². The van der Waals surface area contributed by atoms with Crippen LogP contribution in [0.3, 0.4) is 0 Å². The van der Waals surface area contributed by atoms with Crippen molar-refractivity contribution in [2.45, 2.75) is 32.7 Å². The van der Waals surface area contributed by atoms with Crippen LogP contribution in [0.1, 0.15) is 44.1 Å². The minimum atomic E-state index is -0.657. The lowest BCUT2D eigenvalue weighted by molar-refractivity contribution is -0.139. The third-order valence-electron chi connectivity index (χ3n) is 6.25. The van der Waals surface area contributed by atoms with E-state index in [1.165, 1.54) is 11.3 Å². The summed E-state index contributed by atoms with van der Waals surface area (Å²) in [6.45, 7) is 5.72. The van der Waals surface area contributed by atoms with Crippen molar-refractivity contribution in [3.05, 3.63) is 78.7 Å². The molecule has 1 atom stereocenters. The summed E-state index contributed by atoms with van der Waals surface area (Å²) < 4.78 is 18.7. The van der Waals surface area contributed by atoms with Gasteiger partial charge in [0.15, 0.2) is 10.7 Å². The number of hydrogen-bond acceptors (Lipinski definition) is 8. The number of hydrogen-bond donors (Lipinski definition) is 0. The summed E-state index contributed by atoms with van der Waals surface area (Å²) in [4.78, 5) is 34.0. The van der Waals surface area contributed by atoms with E-state index in [-0.39, 0.29) is 12.2 Å². The molecule has 0 radical (unpaired) electrons. The van der Waals surface area contributed by atoms with Gasteiger partial charge < -0.3 is 18.8 Å². The number of thiazole rings is 1. The van der Waals surface area contributed by atoms with Crippen LogP contribution in [0.2, 0.25) is 0 Å². The number of nitrogens with zero attached hydrogens (tertiary/aromatic N) is 3. The van der Waals surface area contributed by atoms with Gasteiger partial charge in [0.25, 0.3) is 5.56 Å². The highest BCUT2D eigenvalue weighted by molar-refractivity contribution is 7.07. The van der Waals surface area contributed by atoms with E-state index in [4.69, 9.17) is 13.9 Å². The minimum absolute atomic E-state index is 0.229. The summed E-state index contributed by atoms with van der Waals surface area (Å²) in [6, 6.07) is 10.5. The number of furan rings is 1. The molecule has 8 nitrogen and oxygen atoms in total. The molecule has 3 aromatic rings. The number of carbonyl (C=O) groups excluding carboxylic acids is 1. The van der Waals surface area contributed by atoms with Crippen molar-refractivity contribution >= 4 is 29.3 Å². The van der Waals surface area contributed by atoms with Gasteiger partial charge in [-0.05, 0) is 50.5 Å². The van der Waals surface area contributed by atoms with Crippen molar-refractivity contribution in [2.75, 3.05) is 31.7 Å². The molecule has 1 aromatic carbocycles. The Kier molecular flexibility index (Phi) is 6.34. The van der Waals surface area contributed by atoms with E-state index in [0.717, 1.165) is 37.4 Å². The van der Waals surface area contributed by atoms with Crippen LogP contribution in [0.4, 0.5) is 5.88 Å². The van der Waals surface area contributed by atoms with Gasteiger partial charge in [0, 0.05) is 25.2 Å². The summed E-state index contributed by atoms with van der Waals surface area (Å²) in [5.41, 5.74) is 1.42. The molecular weight excluding hydrogens is 466 g/mol. The summed E-state index contributed by atoms with van der Waals surface area (Å²) in [5.74, 6) is 1.63. The number of methoxy groups -OCH3 is 1. The quantitative estimate of drug-likeness (QED) is 0.491. The number of esters is 1. The molecule has 0 bridgehead atoms. The maximum absolute atomic E-state index is 13.7. The first-order valence-electron chi connectivity index (χ1n) is 11.7. The molecule has 0 amide bonds. The van der Waals surface area contributed by atoms with E-state index >= 15 is 0 Å². The Hall–Kier alpha value is -3.59. The molecule has 1 unspecified atom stereocenters. The topological polar surface area (TPSA) is 86.3 Å². The van der Waals surface area contributed by atoms with Crippen LogP contribution in [-0.2, 0) is 9.53 Å². The molecule has 0 aliphatic carbocycles. The lowest BCUT2D eigenvalue weighted by Crippen LogP contribution is -2.39. The normalized spacial score (nSPS) is 18.0. The van der Waals surface area contributed by atoms with E-state index in [9.17, 15) is 9.59 Å². The number of ether oxygens (including phenoxy) is 2. The Morgan fingerprint density at radius 1 is 1.20 bits per heavy atom. The Bertz CT molecular complexity index is 1460. The highest BCUT2D eigenvalue weighted by Crippen LogP contribution is 2.31. The zero-order chi connectivity index (χ0) is 24.5. The van der Waals surface area contributed by atoms with Crippen LogP contribution in [0, 0.1) is 0 Å². The monoisotopic (exact) mass is 493 g/mol. The van der Waals surface area contributed by atoms with Crippen molar-refractivity contribution in [3.8, 4) is 5.75 Å². The lowest BCUT2D eigenvalue weighted by atomic mass is 9.96. The molecule has 5 rings (SSSR count). The highest BCUT2D eigenvalue weighted by atomic mass is 32.1. The lowest BCUT2D eigenvalue weighted by Gasteiger charge is -2.24. The molecule has 182 valence electrons. The van der Waals surface area contributed by atoms with E-state index in [2.05, 4.69) is 9.89 Å². The second-order valence-corrected chi connectivity index (χ2v) is 9.45. The standard InChI is InChI=1S/C26H27N3O5S/c1-4-33-25(31)22-16(2)27-26-29(23(22)17-7-9-18(32-3)10-8-17)24(30)20(35-26)15-19-11-12-21(34-19)28-13-5-6-14-28/h7-12,15,23H,4-6,13-14H2,1-3H3/b20-15+. The van der Waals surface area contributed by atoms with Gasteiger partial charge in [-0.3, -0.25) is 9.36 Å². The Morgan fingerprint density at radius 3 is 2.63 bits per heavy atom. The number of allylic oxidation sites excluding steroid dienone is 1. The predicted octanol–water partition coefficient (Wildman–Crippen LogP) is 3.00. The number of anilines is 1. The number of rotatable bonds is 6. The largest absolute Gasteiger partial charge is 0.497 e. The molecule has 1 fully saturated rings. The van der Waals surface area contributed by atoms with Crippen LogP contribution < -0.4 is 24.5 Å². The first-order chi connectivity index (χ1) is 17.0. The number of fused-ring (bicyclic) bond motifs is 1. The molecule has 0 saturated carbocycles. The molecule has 2 aliphatic rings. The molecule has 2 aromatic heterocycles. The van der Waals surface area contributed by atoms with Crippen molar-refractivity contribution < 1.29 is 18.7 Å². The summed E-state index contributed by atoms with van der Waals surface area (Å²) in [7, 11) is 1.59. The zero-order valence-corrected chi connectivity index (χ0v) is 20.8. The molecule has 1 saturated heterocycles. The maximum Gasteiger partial charge on any atom is 0.338 e. The summed E-state index contributed by atoms with van der Waals surface area (Å²) >= 11 is 1.28. The third kappa shape index (κ3) is 4.32. The molecule has 35 heavy (non-hydrogen) atoms. The third-order valence-corrected chi connectivity index (χ3v) is 7.24. The molecular formula is C26H27N3O5S. The predicted molar refractivity (Wildman–Crippen MR) is 134 cm³/mol. The van der Waals surface area contributed by atoms with Crippen LogP contribution >= 0.6 is 11.3 Å². The fourth-order valence-corrected chi connectivity index (χ4v) is 5.58. The van der Waals surface area contributed by atoms with Gasteiger partial charge >= 0.3 is 5.97 Å². The van der Waals surface area contributed by atoms with Gasteiger partial charge in [-0.1, -0.05) is 23.5 Å². The molecule has 0 N–H and O–H groups in total. The molecule has 4 heterocycles. The average Bonchev–Trinajstić information content (AvgIpc) is 3.60. The Morgan fingerprint density at radius 2 is 1.94 bits per heavy atom. The Balaban J connectivity index is 1.62. The van der Waals surface area contributed by atoms with Gasteiger partial charge in [0.05, 0.1) is 35.6 Å². The van der Waals surface area contributed by atoms with Crippen LogP contribution in [0.5, 0.6) is 5.75 Å². The van der Waals surface area contributed by atoms with Crippen molar-refractivity contribution in [1.29, 1.82) is 0 Å². The highest BCUT2D eigenvalue weighted by Gasteiger charge is 2.33. The fraction of sp³-hybridized carbons (Fsp3) is 0.346. The smallest absolute Gasteiger partial charge is 0.338 e. The first-order valence-corrected chi connectivity index (χ1v) is 12.5. The van der Waals surface area contributed by atoms with E-state index in [1.807, 2.05) is 36.4 Å². The number of carbonyl (C=O) groups is 1. The van der Waals surface area contributed by atoms with Gasteiger partial charge in [-0.2, -0.15) is 0 Å². The average molecular weight is 494 g/mol. The first kappa shape index (κ1) is 23.2. The van der Waals surface area contributed by atoms with E-state index in [0.29, 0.717) is 32.1 Å². The minimum Gasteiger partial charge on any atom is -0.497 e. The second-order valence-electron chi connectivity index (χ2n) is 8.45.